The van der Waals surface area contributed by atoms with Crippen molar-refractivity contribution < 1.29 is 4.74 Å². The molecule has 0 saturated carbocycles. The molecule has 1 heterocycles. The van der Waals surface area contributed by atoms with Gasteiger partial charge in [-0.2, -0.15) is 0 Å². The van der Waals surface area contributed by atoms with Crippen molar-refractivity contribution >= 4 is 5.69 Å². The predicted octanol–water partition coefficient (Wildman–Crippen LogP) is 1.49. The number of benzene rings is 1. The standard InChI is InChI=1S/C13H14N2O2/c1-17-12-6-5-11(14)8-10(12)9-15-7-3-2-4-13(15)16/h2-8H,9,14H2,1H3. The zero-order valence-electron chi connectivity index (χ0n) is 9.59. The van der Waals surface area contributed by atoms with E-state index in [0.29, 0.717) is 12.2 Å². The minimum Gasteiger partial charge on any atom is -0.496 e. The Morgan fingerprint density at radius 3 is 2.82 bits per heavy atom. The van der Waals surface area contributed by atoms with Crippen LogP contribution in [0.4, 0.5) is 5.69 Å². The van der Waals surface area contributed by atoms with Gasteiger partial charge >= 0.3 is 0 Å². The molecule has 0 aliphatic heterocycles. The fourth-order valence-electron chi connectivity index (χ4n) is 1.70. The Balaban J connectivity index is 2.39. The first kappa shape index (κ1) is 11.3. The molecule has 0 radical (unpaired) electrons. The predicted molar refractivity (Wildman–Crippen MR) is 67.2 cm³/mol. The van der Waals surface area contributed by atoms with Crippen molar-refractivity contribution in [3.63, 3.8) is 0 Å². The zero-order valence-corrected chi connectivity index (χ0v) is 9.59. The second-order valence-corrected chi connectivity index (χ2v) is 3.74. The smallest absolute Gasteiger partial charge is 0.250 e. The summed E-state index contributed by atoms with van der Waals surface area (Å²) in [6.45, 7) is 0.452. The molecule has 0 spiro atoms. The molecule has 0 fully saturated rings. The van der Waals surface area contributed by atoms with Crippen LogP contribution in [0.25, 0.3) is 0 Å². The summed E-state index contributed by atoms with van der Waals surface area (Å²) < 4.78 is 6.85. The summed E-state index contributed by atoms with van der Waals surface area (Å²) >= 11 is 0. The lowest BCUT2D eigenvalue weighted by Gasteiger charge is -2.10. The number of ether oxygens (including phenoxy) is 1. The van der Waals surface area contributed by atoms with Crippen molar-refractivity contribution in [1.29, 1.82) is 0 Å². The topological polar surface area (TPSA) is 57.2 Å². The molecule has 0 bridgehead atoms. The molecule has 1 aromatic carbocycles. The van der Waals surface area contributed by atoms with Crippen molar-refractivity contribution in [3.05, 3.63) is 58.5 Å². The van der Waals surface area contributed by atoms with Crippen LogP contribution in [0.2, 0.25) is 0 Å². The number of aromatic nitrogens is 1. The van der Waals surface area contributed by atoms with E-state index in [1.807, 2.05) is 12.1 Å². The highest BCUT2D eigenvalue weighted by Crippen LogP contribution is 2.21. The highest BCUT2D eigenvalue weighted by molar-refractivity contribution is 5.47. The van der Waals surface area contributed by atoms with Crippen LogP contribution in [-0.4, -0.2) is 11.7 Å². The number of rotatable bonds is 3. The summed E-state index contributed by atoms with van der Waals surface area (Å²) in [4.78, 5) is 11.6. The normalized spacial score (nSPS) is 10.2. The summed E-state index contributed by atoms with van der Waals surface area (Å²) in [5.41, 5.74) is 7.23. The minimum atomic E-state index is -0.0445. The first-order valence-electron chi connectivity index (χ1n) is 5.28. The largest absolute Gasteiger partial charge is 0.496 e. The number of methoxy groups -OCH3 is 1. The first-order valence-corrected chi connectivity index (χ1v) is 5.28. The van der Waals surface area contributed by atoms with Crippen molar-refractivity contribution in [2.24, 2.45) is 0 Å². The van der Waals surface area contributed by atoms with Crippen LogP contribution in [0.5, 0.6) is 5.75 Å². The van der Waals surface area contributed by atoms with Crippen LogP contribution in [0.3, 0.4) is 0 Å². The lowest BCUT2D eigenvalue weighted by molar-refractivity contribution is 0.408. The third-order valence-electron chi connectivity index (χ3n) is 2.54. The molecule has 2 N–H and O–H groups in total. The van der Waals surface area contributed by atoms with E-state index in [2.05, 4.69) is 0 Å². The van der Waals surface area contributed by atoms with Crippen LogP contribution in [0.1, 0.15) is 5.56 Å². The maximum Gasteiger partial charge on any atom is 0.250 e. The van der Waals surface area contributed by atoms with E-state index in [4.69, 9.17) is 10.5 Å². The van der Waals surface area contributed by atoms with Gasteiger partial charge in [-0.15, -0.1) is 0 Å². The molecule has 0 saturated heterocycles. The number of hydrogen-bond acceptors (Lipinski definition) is 3. The second-order valence-electron chi connectivity index (χ2n) is 3.74. The molecule has 0 amide bonds. The second kappa shape index (κ2) is 4.74. The van der Waals surface area contributed by atoms with Gasteiger partial charge in [-0.05, 0) is 24.3 Å². The van der Waals surface area contributed by atoms with Gasteiger partial charge in [-0.1, -0.05) is 6.07 Å². The average Bonchev–Trinajstić information content (AvgIpc) is 2.32. The number of hydrogen-bond donors (Lipinski definition) is 1. The third-order valence-corrected chi connectivity index (χ3v) is 2.54. The van der Waals surface area contributed by atoms with Gasteiger partial charge in [0.15, 0.2) is 0 Å². The number of nitrogens with zero attached hydrogens (tertiary/aromatic N) is 1. The fourth-order valence-corrected chi connectivity index (χ4v) is 1.70. The Bertz CT molecular complexity index is 576. The summed E-state index contributed by atoms with van der Waals surface area (Å²) in [6, 6.07) is 10.5. The number of nitrogens with two attached hydrogens (primary N) is 1. The van der Waals surface area contributed by atoms with Crippen LogP contribution >= 0.6 is 0 Å². The molecular weight excluding hydrogens is 216 g/mol. The van der Waals surface area contributed by atoms with Gasteiger partial charge in [-0.25, -0.2) is 0 Å². The molecule has 0 aliphatic rings. The monoisotopic (exact) mass is 230 g/mol. The van der Waals surface area contributed by atoms with Gasteiger partial charge in [-0.3, -0.25) is 4.79 Å². The van der Waals surface area contributed by atoms with Gasteiger partial charge in [0.2, 0.25) is 0 Å². The third kappa shape index (κ3) is 2.47. The van der Waals surface area contributed by atoms with Crippen molar-refractivity contribution in [2.75, 3.05) is 12.8 Å². The maximum absolute atomic E-state index is 11.6. The van der Waals surface area contributed by atoms with Crippen LogP contribution in [0.15, 0.2) is 47.4 Å². The lowest BCUT2D eigenvalue weighted by Crippen LogP contribution is -2.18. The first-order chi connectivity index (χ1) is 8.20. The van der Waals surface area contributed by atoms with Crippen molar-refractivity contribution in [1.82, 2.24) is 4.57 Å². The number of pyridine rings is 1. The van der Waals surface area contributed by atoms with Gasteiger partial charge in [0.05, 0.1) is 13.7 Å². The molecule has 2 aromatic rings. The molecule has 0 unspecified atom stereocenters. The fraction of sp³-hybridized carbons (Fsp3) is 0.154. The van der Waals surface area contributed by atoms with Crippen molar-refractivity contribution in [2.45, 2.75) is 6.54 Å². The Kier molecular flexibility index (Phi) is 3.14. The molecule has 4 heteroatoms. The summed E-state index contributed by atoms with van der Waals surface area (Å²) in [7, 11) is 1.60. The van der Waals surface area contributed by atoms with E-state index in [1.54, 1.807) is 36.1 Å². The van der Waals surface area contributed by atoms with Crippen LogP contribution < -0.4 is 16.0 Å². The molecule has 2 rings (SSSR count). The molecule has 4 nitrogen and oxygen atoms in total. The van der Waals surface area contributed by atoms with E-state index >= 15 is 0 Å². The SMILES string of the molecule is COc1ccc(N)cc1Cn1ccccc1=O. The average molecular weight is 230 g/mol. The minimum absolute atomic E-state index is 0.0445. The molecular formula is C13H14N2O2. The van der Waals surface area contributed by atoms with Crippen molar-refractivity contribution in [3.8, 4) is 5.75 Å². The summed E-state index contributed by atoms with van der Waals surface area (Å²) in [5.74, 6) is 0.731. The van der Waals surface area contributed by atoms with E-state index in [0.717, 1.165) is 11.3 Å². The van der Waals surface area contributed by atoms with E-state index in [-0.39, 0.29) is 5.56 Å². The van der Waals surface area contributed by atoms with Crippen LogP contribution in [-0.2, 0) is 6.54 Å². The highest BCUT2D eigenvalue weighted by Gasteiger charge is 2.04. The molecule has 1 aromatic heterocycles. The summed E-state index contributed by atoms with van der Waals surface area (Å²) in [6.07, 6.45) is 1.74. The highest BCUT2D eigenvalue weighted by atomic mass is 16.5. The Labute approximate surface area is 99.3 Å². The zero-order chi connectivity index (χ0) is 12.3. The molecule has 0 atom stereocenters. The van der Waals surface area contributed by atoms with Crippen LogP contribution in [0, 0.1) is 0 Å². The van der Waals surface area contributed by atoms with E-state index in [9.17, 15) is 4.79 Å². The Morgan fingerprint density at radius 1 is 1.29 bits per heavy atom. The lowest BCUT2D eigenvalue weighted by atomic mass is 10.1. The molecule has 88 valence electrons. The molecule has 0 aliphatic carbocycles. The maximum atomic E-state index is 11.6. The Morgan fingerprint density at radius 2 is 2.12 bits per heavy atom. The van der Waals surface area contributed by atoms with E-state index < -0.39 is 0 Å². The van der Waals surface area contributed by atoms with Gasteiger partial charge in [0, 0.05) is 23.5 Å². The number of nitrogen functional groups attached to an aromatic ring is 1. The van der Waals surface area contributed by atoms with Gasteiger partial charge in [0.25, 0.3) is 5.56 Å². The molecule has 17 heavy (non-hydrogen) atoms. The van der Waals surface area contributed by atoms with Gasteiger partial charge < -0.3 is 15.0 Å². The van der Waals surface area contributed by atoms with E-state index in [1.165, 1.54) is 6.07 Å². The summed E-state index contributed by atoms with van der Waals surface area (Å²) in [5, 5.41) is 0. The Hall–Kier alpha value is -2.23. The quantitative estimate of drug-likeness (QED) is 0.813. The number of anilines is 1. The van der Waals surface area contributed by atoms with Gasteiger partial charge in [0.1, 0.15) is 5.75 Å².